The van der Waals surface area contributed by atoms with Crippen molar-refractivity contribution in [2.45, 2.75) is 46.5 Å². The number of aryl methyl sites for hydroxylation is 2. The molecule has 0 fully saturated rings. The van der Waals surface area contributed by atoms with Gasteiger partial charge in [0, 0.05) is 18.5 Å². The summed E-state index contributed by atoms with van der Waals surface area (Å²) in [5, 5.41) is 15.4. The van der Waals surface area contributed by atoms with Crippen molar-refractivity contribution >= 4 is 11.0 Å². The fraction of sp³-hybridized carbons (Fsp3) is 0.421. The Hall–Kier alpha value is -2.11. The molecular formula is C19H23N3O2. The van der Waals surface area contributed by atoms with Crippen LogP contribution in [0.1, 0.15) is 41.3 Å². The molecule has 24 heavy (non-hydrogen) atoms. The largest absolute Gasteiger partial charge is 0.459 e. The molecule has 1 aliphatic heterocycles. The third-order valence-electron chi connectivity index (χ3n) is 4.88. The maximum atomic E-state index is 9.71. The van der Waals surface area contributed by atoms with Crippen LogP contribution in [0.25, 0.3) is 11.0 Å². The van der Waals surface area contributed by atoms with Crippen molar-refractivity contribution in [2.24, 2.45) is 0 Å². The predicted molar refractivity (Wildman–Crippen MR) is 92.7 cm³/mol. The van der Waals surface area contributed by atoms with Gasteiger partial charge in [-0.1, -0.05) is 11.6 Å². The Kier molecular flexibility index (Phi) is 3.70. The van der Waals surface area contributed by atoms with Gasteiger partial charge >= 0.3 is 0 Å². The highest BCUT2D eigenvalue weighted by atomic mass is 16.3. The molecule has 4 rings (SSSR count). The van der Waals surface area contributed by atoms with E-state index in [4.69, 9.17) is 4.42 Å². The first-order valence-electron chi connectivity index (χ1n) is 8.47. The van der Waals surface area contributed by atoms with Crippen LogP contribution in [0, 0.1) is 13.8 Å². The molecular weight excluding hydrogens is 302 g/mol. The minimum Gasteiger partial charge on any atom is -0.459 e. The first kappa shape index (κ1) is 15.4. The molecule has 3 heterocycles. The molecule has 0 radical (unpaired) electrons. The van der Waals surface area contributed by atoms with Gasteiger partial charge in [-0.05, 0) is 44.5 Å². The van der Waals surface area contributed by atoms with Crippen molar-refractivity contribution < 1.29 is 9.52 Å². The van der Waals surface area contributed by atoms with E-state index in [-0.39, 0.29) is 0 Å². The number of benzene rings is 1. The monoisotopic (exact) mass is 325 g/mol. The van der Waals surface area contributed by atoms with E-state index in [9.17, 15) is 5.11 Å². The number of hydrogen-bond acceptors (Lipinski definition) is 4. The second kappa shape index (κ2) is 5.76. The molecule has 1 aliphatic rings. The van der Waals surface area contributed by atoms with Crippen LogP contribution in [0.5, 0.6) is 0 Å². The molecule has 3 aromatic rings. The van der Waals surface area contributed by atoms with Crippen molar-refractivity contribution in [3.8, 4) is 0 Å². The van der Waals surface area contributed by atoms with Gasteiger partial charge in [0.15, 0.2) is 0 Å². The average Bonchev–Trinajstić information content (AvgIpc) is 3.10. The minimum absolute atomic E-state index is 0.516. The van der Waals surface area contributed by atoms with Gasteiger partial charge in [0.05, 0.1) is 30.6 Å². The molecule has 1 aromatic carbocycles. The van der Waals surface area contributed by atoms with Crippen LogP contribution in [-0.2, 0) is 19.6 Å². The van der Waals surface area contributed by atoms with E-state index in [1.54, 1.807) is 6.92 Å². The number of fused-ring (bicyclic) bond motifs is 2. The standard InChI is InChI=1S/C19H23N3O2/c1-12-4-5-18-16(8-12)13(2)19(24-18)11-21-6-7-22-15(10-21)9-17(20-22)14(3)23/h4-5,8-9,14,23H,6-7,10-11H2,1-3H3/t14-/m0/s1. The highest BCUT2D eigenvalue weighted by Crippen LogP contribution is 2.28. The fourth-order valence-electron chi connectivity index (χ4n) is 3.42. The number of rotatable bonds is 3. The Balaban J connectivity index is 1.57. The molecule has 0 saturated carbocycles. The summed E-state index contributed by atoms with van der Waals surface area (Å²) in [5.74, 6) is 1.04. The smallest absolute Gasteiger partial charge is 0.134 e. The van der Waals surface area contributed by atoms with E-state index in [2.05, 4.69) is 42.0 Å². The summed E-state index contributed by atoms with van der Waals surface area (Å²) in [6.07, 6.45) is -0.516. The lowest BCUT2D eigenvalue weighted by atomic mass is 10.1. The second-order valence-electron chi connectivity index (χ2n) is 6.82. The van der Waals surface area contributed by atoms with Crippen LogP contribution in [0.3, 0.4) is 0 Å². The van der Waals surface area contributed by atoms with Crippen LogP contribution < -0.4 is 0 Å². The molecule has 0 spiro atoms. The summed E-state index contributed by atoms with van der Waals surface area (Å²) in [6, 6.07) is 8.34. The number of aliphatic hydroxyl groups is 1. The Labute approximate surface area is 141 Å². The third kappa shape index (κ3) is 2.64. The summed E-state index contributed by atoms with van der Waals surface area (Å²) < 4.78 is 8.09. The third-order valence-corrected chi connectivity index (χ3v) is 4.88. The van der Waals surface area contributed by atoms with E-state index >= 15 is 0 Å². The van der Waals surface area contributed by atoms with E-state index in [0.717, 1.165) is 48.9 Å². The lowest BCUT2D eigenvalue weighted by molar-refractivity contribution is 0.185. The summed E-state index contributed by atoms with van der Waals surface area (Å²) in [7, 11) is 0. The van der Waals surface area contributed by atoms with Crippen LogP contribution in [0.4, 0.5) is 0 Å². The first-order chi connectivity index (χ1) is 11.5. The van der Waals surface area contributed by atoms with Crippen LogP contribution >= 0.6 is 0 Å². The Bertz CT molecular complexity index is 892. The van der Waals surface area contributed by atoms with Gasteiger partial charge in [0.1, 0.15) is 11.3 Å². The minimum atomic E-state index is -0.516. The van der Waals surface area contributed by atoms with Gasteiger partial charge in [0.2, 0.25) is 0 Å². The summed E-state index contributed by atoms with van der Waals surface area (Å²) in [4.78, 5) is 2.38. The van der Waals surface area contributed by atoms with Gasteiger partial charge in [0.25, 0.3) is 0 Å². The average molecular weight is 325 g/mol. The maximum Gasteiger partial charge on any atom is 0.134 e. The summed E-state index contributed by atoms with van der Waals surface area (Å²) in [5.41, 5.74) is 5.36. The normalized spacial score (nSPS) is 16.5. The molecule has 5 nitrogen and oxygen atoms in total. The van der Waals surface area contributed by atoms with E-state index in [1.165, 1.54) is 16.5 Å². The molecule has 1 N–H and O–H groups in total. The number of hydrogen-bond donors (Lipinski definition) is 1. The van der Waals surface area contributed by atoms with Gasteiger partial charge in [-0.2, -0.15) is 5.10 Å². The lowest BCUT2D eigenvalue weighted by Crippen LogP contribution is -2.33. The SMILES string of the molecule is Cc1ccc2oc(CN3CCn4nc([C@H](C)O)cc4C3)c(C)c2c1. The van der Waals surface area contributed by atoms with Crippen molar-refractivity contribution in [1.82, 2.24) is 14.7 Å². The molecule has 0 amide bonds. The van der Waals surface area contributed by atoms with Crippen molar-refractivity contribution in [3.05, 3.63) is 52.5 Å². The summed E-state index contributed by atoms with van der Waals surface area (Å²) in [6.45, 7) is 9.41. The molecule has 0 bridgehead atoms. The molecule has 0 aliphatic carbocycles. The number of aromatic nitrogens is 2. The zero-order chi connectivity index (χ0) is 16.8. The van der Waals surface area contributed by atoms with Crippen LogP contribution in [0.2, 0.25) is 0 Å². The van der Waals surface area contributed by atoms with E-state index in [0.29, 0.717) is 0 Å². The Morgan fingerprint density at radius 1 is 1.25 bits per heavy atom. The highest BCUT2D eigenvalue weighted by Gasteiger charge is 2.22. The molecule has 126 valence electrons. The topological polar surface area (TPSA) is 54.4 Å². The number of furan rings is 1. The van der Waals surface area contributed by atoms with Gasteiger partial charge in [-0.3, -0.25) is 9.58 Å². The number of aliphatic hydroxyl groups excluding tert-OH is 1. The van der Waals surface area contributed by atoms with Crippen LogP contribution in [-0.4, -0.2) is 26.3 Å². The van der Waals surface area contributed by atoms with Gasteiger partial charge in [-0.25, -0.2) is 0 Å². The molecule has 0 unspecified atom stereocenters. The first-order valence-corrected chi connectivity index (χ1v) is 8.47. The Morgan fingerprint density at radius 2 is 2.08 bits per heavy atom. The maximum absolute atomic E-state index is 9.71. The quantitative estimate of drug-likeness (QED) is 0.802. The molecule has 1 atom stereocenters. The highest BCUT2D eigenvalue weighted by molar-refractivity contribution is 5.82. The fourth-order valence-corrected chi connectivity index (χ4v) is 3.42. The predicted octanol–water partition coefficient (Wildman–Crippen LogP) is 3.32. The molecule has 5 heteroatoms. The van der Waals surface area contributed by atoms with Crippen molar-refractivity contribution in [3.63, 3.8) is 0 Å². The Morgan fingerprint density at radius 3 is 2.88 bits per heavy atom. The van der Waals surface area contributed by atoms with Gasteiger partial charge < -0.3 is 9.52 Å². The van der Waals surface area contributed by atoms with Crippen molar-refractivity contribution in [2.75, 3.05) is 6.54 Å². The van der Waals surface area contributed by atoms with Crippen LogP contribution in [0.15, 0.2) is 28.7 Å². The molecule has 0 saturated heterocycles. The lowest BCUT2D eigenvalue weighted by Gasteiger charge is -2.26. The number of nitrogens with zero attached hydrogens (tertiary/aromatic N) is 3. The van der Waals surface area contributed by atoms with E-state index in [1.807, 2.05) is 10.7 Å². The second-order valence-corrected chi connectivity index (χ2v) is 6.82. The van der Waals surface area contributed by atoms with E-state index < -0.39 is 6.10 Å². The zero-order valence-electron chi connectivity index (χ0n) is 14.4. The molecule has 2 aromatic heterocycles. The summed E-state index contributed by atoms with van der Waals surface area (Å²) >= 11 is 0. The van der Waals surface area contributed by atoms with Crippen molar-refractivity contribution in [1.29, 1.82) is 0 Å². The zero-order valence-corrected chi connectivity index (χ0v) is 14.4. The van der Waals surface area contributed by atoms with Gasteiger partial charge in [-0.15, -0.1) is 0 Å².